The Morgan fingerprint density at radius 3 is 2.33 bits per heavy atom. The highest BCUT2D eigenvalue weighted by molar-refractivity contribution is 6.00. The number of hydrogen-bond donors (Lipinski definition) is 6. The Balaban J connectivity index is 2.98. The number of carboxylic acid groups (broad SMARTS) is 2. The average Bonchev–Trinajstić information content (AvgIpc) is 2.73. The lowest BCUT2D eigenvalue weighted by Gasteiger charge is -2.22. The second-order valence-electron chi connectivity index (χ2n) is 7.45. The third-order valence-electron chi connectivity index (χ3n) is 4.38. The van der Waals surface area contributed by atoms with E-state index in [1.54, 1.807) is 32.0 Å². The third kappa shape index (κ3) is 9.73. The van der Waals surface area contributed by atoms with Crippen LogP contribution in [-0.4, -0.2) is 58.6 Å². The van der Waals surface area contributed by atoms with Crippen LogP contribution >= 0.6 is 0 Å². The van der Waals surface area contributed by atoms with Crippen molar-refractivity contribution < 1.29 is 29.4 Å². The number of carbonyl (C=O) groups is 4. The van der Waals surface area contributed by atoms with Gasteiger partial charge in [-0.2, -0.15) is 0 Å². The first-order valence-electron chi connectivity index (χ1n) is 10.2. The van der Waals surface area contributed by atoms with Crippen LogP contribution in [-0.2, 0) is 14.4 Å². The molecule has 33 heavy (non-hydrogen) atoms. The van der Waals surface area contributed by atoms with Gasteiger partial charge in [-0.05, 0) is 24.5 Å². The molecule has 1 aromatic rings. The SMILES string of the molecule is CC(C)[C@H](NC(=O)[C@H](CC(=O)O)NC(=O)c1ccccc1C#CCCCN=C(N)N)C(=O)O. The van der Waals surface area contributed by atoms with Gasteiger partial charge in [-0.1, -0.05) is 37.8 Å². The lowest BCUT2D eigenvalue weighted by molar-refractivity contribution is -0.144. The van der Waals surface area contributed by atoms with Crippen LogP contribution in [0.3, 0.4) is 0 Å². The van der Waals surface area contributed by atoms with Crippen LogP contribution in [0.4, 0.5) is 0 Å². The smallest absolute Gasteiger partial charge is 0.326 e. The van der Waals surface area contributed by atoms with Crippen molar-refractivity contribution in [2.24, 2.45) is 22.4 Å². The van der Waals surface area contributed by atoms with Gasteiger partial charge in [0, 0.05) is 18.5 Å². The van der Waals surface area contributed by atoms with Crippen molar-refractivity contribution in [2.75, 3.05) is 6.54 Å². The standard InChI is InChI=1S/C22H29N5O6/c1-13(2)18(21(32)33)27-20(31)16(12-17(28)29)26-19(30)15-10-6-5-9-14(15)8-4-3-7-11-25-22(23)24/h5-6,9-10,13,16,18H,3,7,11-12H2,1-2H3,(H,26,30)(H,27,31)(H,28,29)(H,32,33)(H4,23,24,25)/t16-,18-/m0/s1. The Labute approximate surface area is 191 Å². The van der Waals surface area contributed by atoms with Crippen LogP contribution in [0.15, 0.2) is 29.3 Å². The van der Waals surface area contributed by atoms with Gasteiger partial charge in [0.05, 0.1) is 12.0 Å². The summed E-state index contributed by atoms with van der Waals surface area (Å²) in [6.07, 6.45) is 0.365. The zero-order chi connectivity index (χ0) is 25.0. The molecule has 0 aliphatic carbocycles. The molecule has 1 rings (SSSR count). The van der Waals surface area contributed by atoms with Gasteiger partial charge in [0.25, 0.3) is 5.91 Å². The van der Waals surface area contributed by atoms with Gasteiger partial charge in [0.2, 0.25) is 5.91 Å². The summed E-state index contributed by atoms with van der Waals surface area (Å²) in [4.78, 5) is 51.8. The molecule has 0 unspecified atom stereocenters. The van der Waals surface area contributed by atoms with Crippen LogP contribution < -0.4 is 22.1 Å². The fraction of sp³-hybridized carbons (Fsp3) is 0.409. The minimum absolute atomic E-state index is 0.00648. The number of nitrogens with two attached hydrogens (primary N) is 2. The topological polar surface area (TPSA) is 197 Å². The van der Waals surface area contributed by atoms with E-state index < -0.39 is 48.2 Å². The molecule has 0 aliphatic rings. The quantitative estimate of drug-likeness (QED) is 0.114. The zero-order valence-corrected chi connectivity index (χ0v) is 18.5. The number of rotatable bonds is 11. The lowest BCUT2D eigenvalue weighted by Crippen LogP contribution is -2.53. The molecular weight excluding hydrogens is 430 g/mol. The molecule has 0 aromatic heterocycles. The molecule has 0 saturated heterocycles. The van der Waals surface area contributed by atoms with Crippen molar-refractivity contribution in [3.05, 3.63) is 35.4 Å². The molecule has 2 amide bonds. The molecule has 0 aliphatic heterocycles. The van der Waals surface area contributed by atoms with Crippen LogP contribution in [0.5, 0.6) is 0 Å². The summed E-state index contributed by atoms with van der Waals surface area (Å²) in [6.45, 7) is 3.60. The first-order chi connectivity index (χ1) is 15.5. The maximum absolute atomic E-state index is 12.8. The molecule has 0 spiro atoms. The first-order valence-corrected chi connectivity index (χ1v) is 10.2. The second kappa shape index (κ2) is 13.4. The van der Waals surface area contributed by atoms with E-state index in [2.05, 4.69) is 27.5 Å². The van der Waals surface area contributed by atoms with E-state index in [0.29, 0.717) is 24.9 Å². The number of hydrogen-bond acceptors (Lipinski definition) is 5. The largest absolute Gasteiger partial charge is 0.481 e. The molecule has 0 bridgehead atoms. The summed E-state index contributed by atoms with van der Waals surface area (Å²) in [5.41, 5.74) is 11.0. The Bertz CT molecular complexity index is 960. The van der Waals surface area contributed by atoms with E-state index in [1.165, 1.54) is 6.07 Å². The zero-order valence-electron chi connectivity index (χ0n) is 18.5. The summed E-state index contributed by atoms with van der Waals surface area (Å²) >= 11 is 0. The van der Waals surface area contributed by atoms with E-state index in [1.807, 2.05) is 0 Å². The van der Waals surface area contributed by atoms with E-state index in [-0.39, 0.29) is 11.5 Å². The highest BCUT2D eigenvalue weighted by Crippen LogP contribution is 2.09. The summed E-state index contributed by atoms with van der Waals surface area (Å²) < 4.78 is 0. The van der Waals surface area contributed by atoms with Crippen molar-refractivity contribution >= 4 is 29.7 Å². The molecule has 0 fully saturated rings. The highest BCUT2D eigenvalue weighted by Gasteiger charge is 2.30. The molecule has 8 N–H and O–H groups in total. The summed E-state index contributed by atoms with van der Waals surface area (Å²) in [5, 5.41) is 23.1. The number of carboxylic acids is 2. The number of guanidine groups is 1. The molecule has 0 heterocycles. The number of nitrogens with one attached hydrogen (secondary N) is 2. The molecule has 178 valence electrons. The average molecular weight is 460 g/mol. The van der Waals surface area contributed by atoms with Gasteiger partial charge in [-0.3, -0.25) is 19.4 Å². The first kappa shape index (κ1) is 27.0. The molecule has 11 nitrogen and oxygen atoms in total. The summed E-state index contributed by atoms with van der Waals surface area (Å²) in [7, 11) is 0. The summed E-state index contributed by atoms with van der Waals surface area (Å²) in [5.74, 6) is 1.11. The lowest BCUT2D eigenvalue weighted by atomic mass is 10.0. The van der Waals surface area contributed by atoms with Crippen LogP contribution in [0.2, 0.25) is 0 Å². The maximum Gasteiger partial charge on any atom is 0.326 e. The fourth-order valence-electron chi connectivity index (χ4n) is 2.71. The molecule has 2 atom stereocenters. The second-order valence-corrected chi connectivity index (χ2v) is 7.45. The Hall–Kier alpha value is -4.07. The fourth-order valence-corrected chi connectivity index (χ4v) is 2.71. The molecular formula is C22H29N5O6. The molecule has 11 heteroatoms. The predicted octanol–water partition coefficient (Wildman–Crippen LogP) is -0.110. The normalized spacial score (nSPS) is 12.0. The van der Waals surface area contributed by atoms with Crippen LogP contribution in [0.25, 0.3) is 0 Å². The van der Waals surface area contributed by atoms with Gasteiger partial charge in [-0.25, -0.2) is 4.79 Å². The van der Waals surface area contributed by atoms with E-state index >= 15 is 0 Å². The number of aliphatic imine (C=N–C) groups is 1. The van der Waals surface area contributed by atoms with Gasteiger partial charge in [-0.15, -0.1) is 0 Å². The molecule has 1 aromatic carbocycles. The van der Waals surface area contributed by atoms with Crippen molar-refractivity contribution in [3.8, 4) is 11.8 Å². The van der Waals surface area contributed by atoms with Crippen LogP contribution in [0, 0.1) is 17.8 Å². The van der Waals surface area contributed by atoms with E-state index in [0.717, 1.165) is 0 Å². The Morgan fingerprint density at radius 2 is 1.76 bits per heavy atom. The number of amides is 2. The minimum Gasteiger partial charge on any atom is -0.481 e. The predicted molar refractivity (Wildman–Crippen MR) is 121 cm³/mol. The Kier molecular flexibility index (Phi) is 10.9. The van der Waals surface area contributed by atoms with Crippen molar-refractivity contribution in [2.45, 2.75) is 45.2 Å². The number of nitrogens with zero attached hydrogens (tertiary/aromatic N) is 1. The van der Waals surface area contributed by atoms with E-state index in [4.69, 9.17) is 16.6 Å². The molecule has 0 radical (unpaired) electrons. The van der Waals surface area contributed by atoms with Crippen LogP contribution in [0.1, 0.15) is 49.0 Å². The monoisotopic (exact) mass is 459 g/mol. The van der Waals surface area contributed by atoms with Gasteiger partial charge < -0.3 is 32.3 Å². The van der Waals surface area contributed by atoms with Crippen molar-refractivity contribution in [1.29, 1.82) is 0 Å². The number of aliphatic carboxylic acids is 2. The number of unbranched alkanes of at least 4 members (excludes halogenated alkanes) is 1. The van der Waals surface area contributed by atoms with E-state index in [9.17, 15) is 24.3 Å². The Morgan fingerprint density at radius 1 is 1.09 bits per heavy atom. The van der Waals surface area contributed by atoms with Crippen molar-refractivity contribution in [1.82, 2.24) is 10.6 Å². The highest BCUT2D eigenvalue weighted by atomic mass is 16.4. The van der Waals surface area contributed by atoms with Crippen molar-refractivity contribution in [3.63, 3.8) is 0 Å². The maximum atomic E-state index is 12.8. The van der Waals surface area contributed by atoms with Gasteiger partial charge >= 0.3 is 11.9 Å². The summed E-state index contributed by atoms with van der Waals surface area (Å²) in [6, 6.07) is 3.68. The van der Waals surface area contributed by atoms with Gasteiger partial charge in [0.15, 0.2) is 5.96 Å². The van der Waals surface area contributed by atoms with Gasteiger partial charge in [0.1, 0.15) is 12.1 Å². The number of carbonyl (C=O) groups excluding carboxylic acids is 2. The molecule has 0 saturated carbocycles. The number of benzene rings is 1. The minimum atomic E-state index is -1.48. The third-order valence-corrected chi connectivity index (χ3v) is 4.38.